The number of carbonyl (C=O) groups excluding carboxylic acids is 1. The van der Waals surface area contributed by atoms with Crippen LogP contribution in [0.15, 0.2) is 0 Å². The van der Waals surface area contributed by atoms with Crippen LogP contribution in [0.3, 0.4) is 0 Å². The Morgan fingerprint density at radius 1 is 1.35 bits per heavy atom. The maximum atomic E-state index is 13.6. The van der Waals surface area contributed by atoms with E-state index in [1.807, 2.05) is 0 Å². The molecule has 98 valence electrons. The fourth-order valence-electron chi connectivity index (χ4n) is 1.96. The van der Waals surface area contributed by atoms with Crippen molar-refractivity contribution in [3.05, 3.63) is 0 Å². The second-order valence-corrected chi connectivity index (χ2v) is 4.36. The van der Waals surface area contributed by atoms with Crippen LogP contribution in [-0.2, 0) is 9.59 Å². The zero-order valence-electron chi connectivity index (χ0n) is 9.47. The van der Waals surface area contributed by atoms with Crippen molar-refractivity contribution in [2.45, 2.75) is 31.2 Å². The summed E-state index contributed by atoms with van der Waals surface area (Å²) in [7, 11) is 1.25. The summed E-state index contributed by atoms with van der Waals surface area (Å²) >= 11 is 0. The fraction of sp³-hybridized carbons (Fsp3) is 0.800. The van der Waals surface area contributed by atoms with Gasteiger partial charge in [0.25, 0.3) is 0 Å². The Labute approximate surface area is 97.6 Å². The number of nitrogens with zero attached hydrogens (tertiary/aromatic N) is 1. The van der Waals surface area contributed by atoms with Gasteiger partial charge in [-0.2, -0.15) is 0 Å². The minimum Gasteiger partial charge on any atom is -0.480 e. The second kappa shape index (κ2) is 5.39. The van der Waals surface area contributed by atoms with Crippen molar-refractivity contribution >= 4 is 11.9 Å². The molecule has 1 amide bonds. The smallest absolute Gasteiger partial charge is 0.323 e. The molecule has 0 aromatic heterocycles. The number of carboxylic acid groups (broad SMARTS) is 1. The van der Waals surface area contributed by atoms with E-state index in [2.05, 4.69) is 0 Å². The Bertz CT molecular complexity index is 314. The lowest BCUT2D eigenvalue weighted by molar-refractivity contribution is -0.147. The van der Waals surface area contributed by atoms with Gasteiger partial charge in [0.2, 0.25) is 5.91 Å². The fourth-order valence-corrected chi connectivity index (χ4v) is 1.96. The predicted octanol–water partition coefficient (Wildman–Crippen LogP) is -0.0571. The highest BCUT2D eigenvalue weighted by atomic mass is 19.1. The van der Waals surface area contributed by atoms with E-state index < -0.39 is 42.7 Å². The highest BCUT2D eigenvalue weighted by Crippen LogP contribution is 2.29. The zero-order chi connectivity index (χ0) is 13.2. The van der Waals surface area contributed by atoms with Gasteiger partial charge in [-0.05, 0) is 12.8 Å². The Morgan fingerprint density at radius 3 is 2.47 bits per heavy atom. The summed E-state index contributed by atoms with van der Waals surface area (Å²) in [4.78, 5) is 23.0. The minimum absolute atomic E-state index is 0.210. The molecular weight excluding hydrogens is 234 g/mol. The number of carboxylic acids is 1. The molecule has 0 heterocycles. The van der Waals surface area contributed by atoms with Crippen LogP contribution in [0.25, 0.3) is 0 Å². The highest BCUT2D eigenvalue weighted by molar-refractivity contribution is 5.83. The molecule has 0 aliphatic heterocycles. The molecule has 1 fully saturated rings. The number of alkyl halides is 2. The van der Waals surface area contributed by atoms with E-state index in [4.69, 9.17) is 10.8 Å². The van der Waals surface area contributed by atoms with E-state index in [9.17, 15) is 18.4 Å². The first-order chi connectivity index (χ1) is 7.82. The molecule has 1 rings (SSSR count). The number of aliphatic carboxylic acids is 1. The van der Waals surface area contributed by atoms with Crippen molar-refractivity contribution in [3.63, 3.8) is 0 Å². The average molecular weight is 250 g/mol. The third-order valence-corrected chi connectivity index (χ3v) is 2.94. The lowest BCUT2D eigenvalue weighted by atomic mass is 9.82. The van der Waals surface area contributed by atoms with Crippen molar-refractivity contribution in [2.75, 3.05) is 13.6 Å². The van der Waals surface area contributed by atoms with Crippen LogP contribution in [0, 0.1) is 5.92 Å². The van der Waals surface area contributed by atoms with Gasteiger partial charge in [0.1, 0.15) is 18.9 Å². The maximum absolute atomic E-state index is 13.6. The van der Waals surface area contributed by atoms with E-state index >= 15 is 0 Å². The summed E-state index contributed by atoms with van der Waals surface area (Å²) < 4.78 is 26.9. The Kier molecular flexibility index (Phi) is 4.39. The van der Waals surface area contributed by atoms with Gasteiger partial charge in [0.05, 0.1) is 5.92 Å². The van der Waals surface area contributed by atoms with Crippen LogP contribution < -0.4 is 5.73 Å². The van der Waals surface area contributed by atoms with Crippen molar-refractivity contribution < 1.29 is 23.5 Å². The molecule has 17 heavy (non-hydrogen) atoms. The summed E-state index contributed by atoms with van der Waals surface area (Å²) in [6.45, 7) is -0.523. The first kappa shape index (κ1) is 13.8. The molecule has 0 spiro atoms. The number of hydrogen-bond acceptors (Lipinski definition) is 3. The molecule has 1 saturated carbocycles. The Hall–Kier alpha value is -1.24. The Morgan fingerprint density at radius 2 is 1.94 bits per heavy atom. The summed E-state index contributed by atoms with van der Waals surface area (Å²) in [5, 5.41) is 8.51. The molecule has 0 aromatic carbocycles. The molecule has 3 N–H and O–H groups in total. The van der Waals surface area contributed by atoms with Crippen molar-refractivity contribution in [2.24, 2.45) is 11.7 Å². The van der Waals surface area contributed by atoms with E-state index in [0.29, 0.717) is 0 Å². The normalized spacial score (nSPS) is 33.2. The van der Waals surface area contributed by atoms with Gasteiger partial charge in [-0.1, -0.05) is 0 Å². The molecule has 5 nitrogen and oxygen atoms in total. The maximum Gasteiger partial charge on any atom is 0.323 e. The van der Waals surface area contributed by atoms with Gasteiger partial charge in [-0.15, -0.1) is 0 Å². The number of hydrogen-bond donors (Lipinski definition) is 2. The molecule has 7 heteroatoms. The zero-order valence-corrected chi connectivity index (χ0v) is 9.47. The van der Waals surface area contributed by atoms with Gasteiger partial charge in [0.15, 0.2) is 0 Å². The standard InChI is InChI=1S/C10H16F2N2O3/c1-14(4-9(15)16)10(17)5-2-7(12)8(13)3-6(5)11/h5-8H,2-4,13H2,1H3,(H,15,16). The molecule has 0 bridgehead atoms. The number of nitrogens with two attached hydrogens (primary N) is 1. The molecule has 0 aromatic rings. The van der Waals surface area contributed by atoms with Crippen molar-refractivity contribution in [1.82, 2.24) is 4.90 Å². The largest absolute Gasteiger partial charge is 0.480 e. The molecule has 0 saturated heterocycles. The highest BCUT2D eigenvalue weighted by Gasteiger charge is 2.41. The first-order valence-electron chi connectivity index (χ1n) is 5.33. The summed E-state index contributed by atoms with van der Waals surface area (Å²) in [5.41, 5.74) is 5.35. The third-order valence-electron chi connectivity index (χ3n) is 2.94. The summed E-state index contributed by atoms with van der Waals surface area (Å²) in [6, 6.07) is -0.890. The van der Waals surface area contributed by atoms with Gasteiger partial charge < -0.3 is 15.7 Å². The van der Waals surface area contributed by atoms with Crippen LogP contribution in [0.2, 0.25) is 0 Å². The van der Waals surface area contributed by atoms with E-state index in [1.54, 1.807) is 0 Å². The van der Waals surface area contributed by atoms with E-state index in [0.717, 1.165) is 4.90 Å². The van der Waals surface area contributed by atoms with E-state index in [1.165, 1.54) is 7.05 Å². The van der Waals surface area contributed by atoms with Crippen LogP contribution in [0.4, 0.5) is 8.78 Å². The van der Waals surface area contributed by atoms with Gasteiger partial charge >= 0.3 is 5.97 Å². The first-order valence-corrected chi connectivity index (χ1v) is 5.33. The monoisotopic (exact) mass is 250 g/mol. The number of carbonyl (C=O) groups is 2. The predicted molar refractivity (Wildman–Crippen MR) is 55.8 cm³/mol. The van der Waals surface area contributed by atoms with Crippen LogP contribution in [-0.4, -0.2) is 53.9 Å². The van der Waals surface area contributed by atoms with Crippen molar-refractivity contribution in [3.8, 4) is 0 Å². The molecule has 4 unspecified atom stereocenters. The summed E-state index contributed by atoms with van der Waals surface area (Å²) in [5.74, 6) is -3.01. The SMILES string of the molecule is CN(CC(=O)O)C(=O)C1CC(F)C(N)CC1F. The number of rotatable bonds is 3. The van der Waals surface area contributed by atoms with Crippen molar-refractivity contribution in [1.29, 1.82) is 0 Å². The van der Waals surface area contributed by atoms with E-state index in [-0.39, 0.29) is 12.8 Å². The second-order valence-electron chi connectivity index (χ2n) is 4.36. The van der Waals surface area contributed by atoms with Crippen LogP contribution >= 0.6 is 0 Å². The molecule has 1 aliphatic carbocycles. The third kappa shape index (κ3) is 3.36. The topological polar surface area (TPSA) is 83.6 Å². The summed E-state index contributed by atoms with van der Waals surface area (Å²) in [6.07, 6.45) is -3.43. The minimum atomic E-state index is -1.51. The molecule has 0 radical (unpaired) electrons. The van der Waals surface area contributed by atoms with Gasteiger partial charge in [0, 0.05) is 13.1 Å². The molecule has 1 aliphatic rings. The van der Waals surface area contributed by atoms with Crippen LogP contribution in [0.1, 0.15) is 12.8 Å². The average Bonchev–Trinajstić information content (AvgIpc) is 2.21. The molecule has 4 atom stereocenters. The quantitative estimate of drug-likeness (QED) is 0.735. The number of amides is 1. The number of halogens is 2. The molecular formula is C10H16F2N2O3. The lowest BCUT2D eigenvalue weighted by Crippen LogP contribution is -2.49. The Balaban J connectivity index is 2.65. The van der Waals surface area contributed by atoms with Crippen LogP contribution in [0.5, 0.6) is 0 Å². The van der Waals surface area contributed by atoms with Gasteiger partial charge in [-0.25, -0.2) is 8.78 Å². The number of likely N-dealkylation sites (N-methyl/N-ethyl adjacent to an activating group) is 1. The lowest BCUT2D eigenvalue weighted by Gasteiger charge is -2.33. The van der Waals surface area contributed by atoms with Gasteiger partial charge in [-0.3, -0.25) is 9.59 Å².